The molecule has 2 aromatic heterocycles. The van der Waals surface area contributed by atoms with Crippen LogP contribution < -0.4 is 5.32 Å². The van der Waals surface area contributed by atoms with Gasteiger partial charge in [-0.25, -0.2) is 4.98 Å². The first kappa shape index (κ1) is 15.1. The molecule has 0 amide bonds. The van der Waals surface area contributed by atoms with Crippen LogP contribution in [0.15, 0.2) is 55.0 Å². The molecule has 0 radical (unpaired) electrons. The number of nitrogens with one attached hydrogen (secondary N) is 1. The molecule has 6 heteroatoms. The molecule has 2 heterocycles. The lowest BCUT2D eigenvalue weighted by Crippen LogP contribution is -2.54. The Hall–Kier alpha value is -2.44. The van der Waals surface area contributed by atoms with Crippen molar-refractivity contribution in [1.82, 2.24) is 24.6 Å². The van der Waals surface area contributed by atoms with E-state index in [1.807, 2.05) is 48.3 Å². The molecule has 24 heavy (non-hydrogen) atoms. The molecular formula is C18H21N5O. The van der Waals surface area contributed by atoms with Crippen LogP contribution in [0.3, 0.4) is 0 Å². The van der Waals surface area contributed by atoms with Crippen molar-refractivity contribution in [3.05, 3.63) is 66.5 Å². The summed E-state index contributed by atoms with van der Waals surface area (Å²) in [4.78, 5) is 4.45. The molecule has 1 saturated carbocycles. The first-order valence-electron chi connectivity index (χ1n) is 8.23. The third-order valence-electron chi connectivity index (χ3n) is 4.70. The third kappa shape index (κ3) is 2.64. The monoisotopic (exact) mass is 323 g/mol. The van der Waals surface area contributed by atoms with Crippen LogP contribution in [0.5, 0.6) is 0 Å². The minimum Gasteiger partial charge on any atom is -0.391 e. The van der Waals surface area contributed by atoms with Gasteiger partial charge in [0.2, 0.25) is 0 Å². The number of para-hydroxylation sites is 1. The molecule has 6 nitrogen and oxygen atoms in total. The fraction of sp³-hybridized carbons (Fsp3) is 0.333. The van der Waals surface area contributed by atoms with E-state index in [4.69, 9.17) is 0 Å². The van der Waals surface area contributed by atoms with Crippen LogP contribution in [0, 0.1) is 6.92 Å². The number of aliphatic hydroxyl groups is 1. The number of nitrogens with zero attached hydrogens (tertiary/aromatic N) is 4. The van der Waals surface area contributed by atoms with Crippen LogP contribution in [-0.2, 0) is 6.54 Å². The molecule has 4 rings (SSSR count). The predicted octanol–water partition coefficient (Wildman–Crippen LogP) is 1.84. The Morgan fingerprint density at radius 1 is 1.25 bits per heavy atom. The number of aromatic nitrogens is 4. The van der Waals surface area contributed by atoms with Gasteiger partial charge in [0.1, 0.15) is 5.82 Å². The van der Waals surface area contributed by atoms with Crippen molar-refractivity contribution in [2.45, 2.75) is 38.1 Å². The molecule has 1 aliphatic carbocycles. The number of benzene rings is 1. The van der Waals surface area contributed by atoms with Crippen molar-refractivity contribution < 1.29 is 5.11 Å². The largest absolute Gasteiger partial charge is 0.391 e. The van der Waals surface area contributed by atoms with Crippen LogP contribution in [0.1, 0.15) is 24.0 Å². The van der Waals surface area contributed by atoms with Crippen LogP contribution >= 0.6 is 0 Å². The average molecular weight is 323 g/mol. The Morgan fingerprint density at radius 3 is 2.79 bits per heavy atom. The summed E-state index contributed by atoms with van der Waals surface area (Å²) in [5, 5.41) is 17.9. The number of aliphatic hydroxyl groups excluding tert-OH is 1. The standard InChI is InChI=1S/C18H21N5O/c1-13-19-11-15(23(13)14-6-3-2-4-7-14)12-20-16-10-17(24)18(16)22-9-5-8-21-22/h2-9,11,16-18,20,24H,10,12H2,1H3/t16-,17+,18+/m0/s1. The van der Waals surface area contributed by atoms with Crippen LogP contribution in [0.2, 0.25) is 0 Å². The lowest BCUT2D eigenvalue weighted by molar-refractivity contribution is -0.00836. The second-order valence-electron chi connectivity index (χ2n) is 6.23. The number of hydrogen-bond donors (Lipinski definition) is 2. The van der Waals surface area contributed by atoms with Crippen LogP contribution in [0.4, 0.5) is 0 Å². The van der Waals surface area contributed by atoms with Crippen molar-refractivity contribution in [1.29, 1.82) is 0 Å². The van der Waals surface area contributed by atoms with Gasteiger partial charge in [0, 0.05) is 30.7 Å². The summed E-state index contributed by atoms with van der Waals surface area (Å²) < 4.78 is 4.00. The van der Waals surface area contributed by atoms with E-state index in [-0.39, 0.29) is 18.2 Å². The van der Waals surface area contributed by atoms with Gasteiger partial charge in [-0.05, 0) is 31.5 Å². The Bertz CT molecular complexity index is 796. The Labute approximate surface area is 140 Å². The van der Waals surface area contributed by atoms with E-state index >= 15 is 0 Å². The SMILES string of the molecule is Cc1ncc(CN[C@H]2C[C@@H](O)[C@@H]2n2cccn2)n1-c1ccccc1. The minimum atomic E-state index is -0.344. The van der Waals surface area contributed by atoms with Gasteiger partial charge in [0.05, 0.1) is 24.0 Å². The number of aryl methyl sites for hydroxylation is 1. The zero-order chi connectivity index (χ0) is 16.5. The van der Waals surface area contributed by atoms with Gasteiger partial charge in [-0.15, -0.1) is 0 Å². The normalized spacial score (nSPS) is 23.2. The van der Waals surface area contributed by atoms with Crippen molar-refractivity contribution in [2.24, 2.45) is 0 Å². The minimum absolute atomic E-state index is 0.00538. The molecule has 0 unspecified atom stereocenters. The topological polar surface area (TPSA) is 67.9 Å². The average Bonchev–Trinajstić information content (AvgIpc) is 3.22. The number of imidazole rings is 1. The van der Waals surface area contributed by atoms with Gasteiger partial charge < -0.3 is 10.4 Å². The maximum absolute atomic E-state index is 10.1. The molecule has 1 aliphatic rings. The van der Waals surface area contributed by atoms with Crippen LogP contribution in [-0.4, -0.2) is 36.6 Å². The molecule has 0 bridgehead atoms. The van der Waals surface area contributed by atoms with Crippen molar-refractivity contribution in [3.63, 3.8) is 0 Å². The molecule has 2 N–H and O–H groups in total. The highest BCUT2D eigenvalue weighted by Crippen LogP contribution is 2.32. The quantitative estimate of drug-likeness (QED) is 0.752. The zero-order valence-corrected chi connectivity index (χ0v) is 13.6. The van der Waals surface area contributed by atoms with Crippen molar-refractivity contribution in [3.8, 4) is 5.69 Å². The van der Waals surface area contributed by atoms with E-state index in [0.29, 0.717) is 6.54 Å². The second kappa shape index (κ2) is 6.22. The van der Waals surface area contributed by atoms with Gasteiger partial charge in [-0.2, -0.15) is 5.10 Å². The van der Waals surface area contributed by atoms with E-state index < -0.39 is 0 Å². The van der Waals surface area contributed by atoms with Gasteiger partial charge >= 0.3 is 0 Å². The Balaban J connectivity index is 1.49. The molecule has 1 fully saturated rings. The Morgan fingerprint density at radius 2 is 2.08 bits per heavy atom. The number of hydrogen-bond acceptors (Lipinski definition) is 4. The highest BCUT2D eigenvalue weighted by molar-refractivity contribution is 5.35. The smallest absolute Gasteiger partial charge is 0.110 e. The summed E-state index contributed by atoms with van der Waals surface area (Å²) >= 11 is 0. The molecule has 0 spiro atoms. The summed E-state index contributed by atoms with van der Waals surface area (Å²) in [6.45, 7) is 2.71. The summed E-state index contributed by atoms with van der Waals surface area (Å²) in [5.74, 6) is 0.968. The third-order valence-corrected chi connectivity index (χ3v) is 4.70. The summed E-state index contributed by atoms with van der Waals surface area (Å²) in [6, 6.07) is 12.3. The van der Waals surface area contributed by atoms with Crippen LogP contribution in [0.25, 0.3) is 5.69 Å². The lowest BCUT2D eigenvalue weighted by Gasteiger charge is -2.42. The molecule has 3 atom stereocenters. The van der Waals surface area contributed by atoms with Gasteiger partial charge in [-0.3, -0.25) is 9.25 Å². The van der Waals surface area contributed by atoms with Gasteiger partial charge in [-0.1, -0.05) is 18.2 Å². The highest BCUT2D eigenvalue weighted by atomic mass is 16.3. The molecule has 0 aliphatic heterocycles. The zero-order valence-electron chi connectivity index (χ0n) is 13.6. The molecular weight excluding hydrogens is 302 g/mol. The summed E-state index contributed by atoms with van der Waals surface area (Å²) in [7, 11) is 0. The van der Waals surface area contributed by atoms with E-state index in [1.54, 1.807) is 6.20 Å². The van der Waals surface area contributed by atoms with E-state index in [1.165, 1.54) is 0 Å². The maximum atomic E-state index is 10.1. The van der Waals surface area contributed by atoms with E-state index in [9.17, 15) is 5.11 Å². The van der Waals surface area contributed by atoms with E-state index in [2.05, 4.69) is 32.1 Å². The second-order valence-corrected chi connectivity index (χ2v) is 6.23. The number of rotatable bonds is 5. The molecule has 0 saturated heterocycles. The fourth-order valence-electron chi connectivity index (χ4n) is 3.41. The lowest BCUT2D eigenvalue weighted by atomic mass is 9.83. The molecule has 124 valence electrons. The van der Waals surface area contributed by atoms with Crippen molar-refractivity contribution >= 4 is 0 Å². The first-order valence-corrected chi connectivity index (χ1v) is 8.23. The Kier molecular flexibility index (Phi) is 3.92. The van der Waals surface area contributed by atoms with Gasteiger partial charge in [0.15, 0.2) is 0 Å². The first-order chi connectivity index (χ1) is 11.7. The molecule has 3 aromatic rings. The fourth-order valence-corrected chi connectivity index (χ4v) is 3.41. The molecule has 1 aromatic carbocycles. The van der Waals surface area contributed by atoms with E-state index in [0.717, 1.165) is 23.6 Å². The predicted molar refractivity (Wildman–Crippen MR) is 90.8 cm³/mol. The highest BCUT2D eigenvalue weighted by Gasteiger charge is 2.41. The summed E-state index contributed by atoms with van der Waals surface area (Å²) in [5.41, 5.74) is 2.22. The maximum Gasteiger partial charge on any atom is 0.110 e. The van der Waals surface area contributed by atoms with Gasteiger partial charge in [0.25, 0.3) is 0 Å². The summed E-state index contributed by atoms with van der Waals surface area (Å²) in [6.07, 6.45) is 5.95. The van der Waals surface area contributed by atoms with Crippen molar-refractivity contribution in [2.75, 3.05) is 0 Å².